The molecule has 0 unspecified atom stereocenters. The summed E-state index contributed by atoms with van der Waals surface area (Å²) in [5.74, 6) is 0.613. The van der Waals surface area contributed by atoms with Crippen molar-refractivity contribution in [3.05, 3.63) is 97.4 Å². The number of benzene rings is 3. The summed E-state index contributed by atoms with van der Waals surface area (Å²) in [6.07, 6.45) is 1.84. The fourth-order valence-corrected chi connectivity index (χ4v) is 4.09. The van der Waals surface area contributed by atoms with Crippen LogP contribution < -0.4 is 10.1 Å². The first-order valence-electron chi connectivity index (χ1n) is 9.08. The number of amides is 1. The summed E-state index contributed by atoms with van der Waals surface area (Å²) in [6, 6.07) is 23.1. The van der Waals surface area contributed by atoms with Gasteiger partial charge in [-0.1, -0.05) is 41.9 Å². The Morgan fingerprint density at radius 3 is 2.57 bits per heavy atom. The number of nitrogens with one attached hydrogen (secondary N) is 1. The van der Waals surface area contributed by atoms with E-state index < -0.39 is 0 Å². The molecule has 4 rings (SSSR count). The summed E-state index contributed by atoms with van der Waals surface area (Å²) >= 11 is 9.57. The summed E-state index contributed by atoms with van der Waals surface area (Å²) in [4.78, 5) is 17.3. The van der Waals surface area contributed by atoms with E-state index in [1.54, 1.807) is 12.1 Å². The summed E-state index contributed by atoms with van der Waals surface area (Å²) in [7, 11) is 0. The van der Waals surface area contributed by atoms with Gasteiger partial charge in [0, 0.05) is 8.59 Å². The van der Waals surface area contributed by atoms with Gasteiger partial charge in [0.15, 0.2) is 5.17 Å². The van der Waals surface area contributed by atoms with Gasteiger partial charge in [-0.25, -0.2) is 4.99 Å². The summed E-state index contributed by atoms with van der Waals surface area (Å²) < 4.78 is 7.03. The van der Waals surface area contributed by atoms with Gasteiger partial charge in [-0.05, 0) is 94.0 Å². The molecule has 4 nitrogen and oxygen atoms in total. The maximum absolute atomic E-state index is 12.3. The van der Waals surface area contributed by atoms with Crippen molar-refractivity contribution < 1.29 is 9.53 Å². The molecule has 1 saturated heterocycles. The Bertz CT molecular complexity index is 1130. The molecule has 1 aliphatic rings. The smallest absolute Gasteiger partial charge is 0.264 e. The fraction of sp³-hybridized carbons (Fsp3) is 0.0435. The molecule has 0 atom stereocenters. The molecule has 7 heteroatoms. The zero-order valence-electron chi connectivity index (χ0n) is 15.6. The van der Waals surface area contributed by atoms with E-state index in [0.717, 1.165) is 16.9 Å². The maximum atomic E-state index is 12.3. The third-order valence-corrected chi connectivity index (χ3v) is 6.05. The average Bonchev–Trinajstić information content (AvgIpc) is 3.07. The molecule has 0 aliphatic carbocycles. The molecule has 0 bridgehead atoms. The third-order valence-electron chi connectivity index (χ3n) is 4.19. The van der Waals surface area contributed by atoms with Crippen molar-refractivity contribution in [2.75, 3.05) is 0 Å². The Kier molecular flexibility index (Phi) is 6.76. The quantitative estimate of drug-likeness (QED) is 0.297. The number of hydrogen-bond acceptors (Lipinski definition) is 4. The summed E-state index contributed by atoms with van der Waals surface area (Å²) in [6.45, 7) is 0.513. The minimum absolute atomic E-state index is 0.167. The maximum Gasteiger partial charge on any atom is 0.264 e. The predicted octanol–water partition coefficient (Wildman–Crippen LogP) is 6.42. The van der Waals surface area contributed by atoms with Crippen LogP contribution in [0.2, 0.25) is 5.02 Å². The van der Waals surface area contributed by atoms with E-state index in [1.165, 1.54) is 15.3 Å². The Hall–Kier alpha value is -2.29. The minimum Gasteiger partial charge on any atom is -0.489 e. The van der Waals surface area contributed by atoms with E-state index >= 15 is 0 Å². The van der Waals surface area contributed by atoms with E-state index in [-0.39, 0.29) is 5.91 Å². The lowest BCUT2D eigenvalue weighted by molar-refractivity contribution is -0.115. The molecule has 3 aromatic carbocycles. The van der Waals surface area contributed by atoms with Crippen molar-refractivity contribution in [3.63, 3.8) is 0 Å². The molecule has 0 aromatic heterocycles. The SMILES string of the molecule is O=C1NC(=Nc2cccc(Cl)c2)S/C1=C\c1ccc(OCc2ccc(I)cc2)cc1. The first kappa shape index (κ1) is 21.0. The summed E-state index contributed by atoms with van der Waals surface area (Å²) in [5, 5.41) is 3.92. The van der Waals surface area contributed by atoms with Crippen molar-refractivity contribution in [2.45, 2.75) is 6.61 Å². The number of nitrogens with zero attached hydrogens (tertiary/aromatic N) is 1. The fourth-order valence-electron chi connectivity index (χ4n) is 2.70. The van der Waals surface area contributed by atoms with Crippen LogP contribution in [0.25, 0.3) is 6.08 Å². The first-order chi connectivity index (χ1) is 14.5. The summed E-state index contributed by atoms with van der Waals surface area (Å²) in [5.41, 5.74) is 2.73. The van der Waals surface area contributed by atoms with Gasteiger partial charge in [0.1, 0.15) is 12.4 Å². The number of aliphatic imine (C=N–C) groups is 1. The van der Waals surface area contributed by atoms with Crippen molar-refractivity contribution in [1.82, 2.24) is 5.32 Å². The molecule has 3 aromatic rings. The van der Waals surface area contributed by atoms with Crippen LogP contribution in [-0.4, -0.2) is 11.1 Å². The number of rotatable bonds is 5. The van der Waals surface area contributed by atoms with Gasteiger partial charge in [-0.3, -0.25) is 4.79 Å². The molecule has 1 N–H and O–H groups in total. The number of ether oxygens (including phenoxy) is 1. The lowest BCUT2D eigenvalue weighted by Gasteiger charge is -2.07. The highest BCUT2D eigenvalue weighted by molar-refractivity contribution is 14.1. The van der Waals surface area contributed by atoms with Crippen LogP contribution in [0.4, 0.5) is 5.69 Å². The highest BCUT2D eigenvalue weighted by atomic mass is 127. The van der Waals surface area contributed by atoms with Crippen LogP contribution in [0.3, 0.4) is 0 Å². The van der Waals surface area contributed by atoms with Gasteiger partial charge in [-0.2, -0.15) is 0 Å². The van der Waals surface area contributed by atoms with E-state index in [9.17, 15) is 4.79 Å². The number of carbonyl (C=O) groups excluding carboxylic acids is 1. The number of halogens is 2. The van der Waals surface area contributed by atoms with Crippen LogP contribution in [0, 0.1) is 3.57 Å². The molecule has 0 spiro atoms. The van der Waals surface area contributed by atoms with Crippen LogP contribution in [0.1, 0.15) is 11.1 Å². The van der Waals surface area contributed by atoms with Crippen LogP contribution >= 0.6 is 46.0 Å². The lowest BCUT2D eigenvalue weighted by atomic mass is 10.2. The van der Waals surface area contributed by atoms with Gasteiger partial charge < -0.3 is 10.1 Å². The first-order valence-corrected chi connectivity index (χ1v) is 11.3. The molecular weight excluding hydrogens is 531 g/mol. The van der Waals surface area contributed by atoms with Gasteiger partial charge in [0.05, 0.1) is 10.6 Å². The van der Waals surface area contributed by atoms with E-state index in [1.807, 2.05) is 42.5 Å². The minimum atomic E-state index is -0.167. The zero-order chi connectivity index (χ0) is 20.9. The van der Waals surface area contributed by atoms with E-state index in [4.69, 9.17) is 16.3 Å². The topological polar surface area (TPSA) is 50.7 Å². The van der Waals surface area contributed by atoms with Crippen LogP contribution in [0.15, 0.2) is 82.7 Å². The average molecular weight is 547 g/mol. The Labute approximate surface area is 197 Å². The molecule has 1 amide bonds. The molecule has 30 heavy (non-hydrogen) atoms. The highest BCUT2D eigenvalue weighted by Crippen LogP contribution is 2.29. The molecule has 1 fully saturated rings. The van der Waals surface area contributed by atoms with Gasteiger partial charge in [0.2, 0.25) is 0 Å². The third kappa shape index (κ3) is 5.65. The number of carbonyl (C=O) groups is 1. The zero-order valence-corrected chi connectivity index (χ0v) is 19.4. The van der Waals surface area contributed by atoms with Gasteiger partial charge >= 0.3 is 0 Å². The Morgan fingerprint density at radius 1 is 1.07 bits per heavy atom. The molecule has 1 aliphatic heterocycles. The number of thioether (sulfide) groups is 1. The van der Waals surface area contributed by atoms with Gasteiger partial charge in [0.25, 0.3) is 5.91 Å². The molecular formula is C23H16ClIN2O2S. The van der Waals surface area contributed by atoms with E-state index in [0.29, 0.717) is 27.4 Å². The second kappa shape index (κ2) is 9.68. The standard InChI is InChI=1S/C23H16ClIN2O2S/c24-17-2-1-3-19(13-17)26-23-27-22(28)21(30-23)12-15-6-10-20(11-7-15)29-14-16-4-8-18(25)9-5-16/h1-13H,14H2,(H,26,27,28)/b21-12-. The van der Waals surface area contributed by atoms with Crippen LogP contribution in [-0.2, 0) is 11.4 Å². The molecule has 150 valence electrons. The molecule has 1 heterocycles. The predicted molar refractivity (Wildman–Crippen MR) is 132 cm³/mol. The largest absolute Gasteiger partial charge is 0.489 e. The van der Waals surface area contributed by atoms with Gasteiger partial charge in [-0.15, -0.1) is 0 Å². The van der Waals surface area contributed by atoms with Crippen molar-refractivity contribution in [1.29, 1.82) is 0 Å². The normalized spacial score (nSPS) is 16.1. The monoisotopic (exact) mass is 546 g/mol. The second-order valence-electron chi connectivity index (χ2n) is 6.45. The van der Waals surface area contributed by atoms with Crippen molar-refractivity contribution >= 4 is 68.8 Å². The lowest BCUT2D eigenvalue weighted by Crippen LogP contribution is -2.19. The number of amidine groups is 1. The van der Waals surface area contributed by atoms with Crippen LogP contribution in [0.5, 0.6) is 5.75 Å². The Morgan fingerprint density at radius 2 is 1.83 bits per heavy atom. The molecule has 0 radical (unpaired) electrons. The van der Waals surface area contributed by atoms with E-state index in [2.05, 4.69) is 57.2 Å². The Balaban J connectivity index is 1.40. The van der Waals surface area contributed by atoms with Crippen molar-refractivity contribution in [2.24, 2.45) is 4.99 Å². The molecule has 0 saturated carbocycles. The second-order valence-corrected chi connectivity index (χ2v) is 9.16. The van der Waals surface area contributed by atoms with Crippen molar-refractivity contribution in [3.8, 4) is 5.75 Å². The highest BCUT2D eigenvalue weighted by Gasteiger charge is 2.23. The number of hydrogen-bond donors (Lipinski definition) is 1.